The zero-order valence-electron chi connectivity index (χ0n) is 9.64. The van der Waals surface area contributed by atoms with Crippen LogP contribution in [0.1, 0.15) is 0 Å². The normalized spacial score (nSPS) is 11.5. The van der Waals surface area contributed by atoms with Crippen molar-refractivity contribution in [1.29, 1.82) is 0 Å². The van der Waals surface area contributed by atoms with Crippen LogP contribution in [0.2, 0.25) is 5.02 Å². The Morgan fingerprint density at radius 2 is 2.33 bits per heavy atom. The highest BCUT2D eigenvalue weighted by atomic mass is 79.9. The third-order valence-corrected chi connectivity index (χ3v) is 2.88. The van der Waals surface area contributed by atoms with Crippen molar-refractivity contribution in [3.05, 3.63) is 27.4 Å². The zero-order chi connectivity index (χ0) is 13.5. The molecule has 8 heteroatoms. The molecule has 0 aromatic heterocycles. The SMILES string of the molecule is COCCN=C(NN)Nc1c(Cl)cc(F)cc1Br. The Labute approximate surface area is 118 Å². The molecular formula is C10H13BrClFN4O. The molecule has 0 aliphatic carbocycles. The van der Waals surface area contributed by atoms with Crippen molar-refractivity contribution in [2.75, 3.05) is 25.6 Å². The molecule has 1 aromatic carbocycles. The summed E-state index contributed by atoms with van der Waals surface area (Å²) in [6.07, 6.45) is 0. The summed E-state index contributed by atoms with van der Waals surface area (Å²) in [5.74, 6) is 5.19. The summed E-state index contributed by atoms with van der Waals surface area (Å²) in [5, 5.41) is 3.08. The molecule has 1 aromatic rings. The number of ether oxygens (including phenoxy) is 1. The van der Waals surface area contributed by atoms with E-state index in [4.69, 9.17) is 22.2 Å². The summed E-state index contributed by atoms with van der Waals surface area (Å²) in [7, 11) is 1.58. The Morgan fingerprint density at radius 3 is 2.89 bits per heavy atom. The van der Waals surface area contributed by atoms with Gasteiger partial charge in [-0.05, 0) is 28.1 Å². The van der Waals surface area contributed by atoms with Gasteiger partial charge in [-0.15, -0.1) is 0 Å². The number of hydrazine groups is 1. The van der Waals surface area contributed by atoms with Crippen LogP contribution in [0.3, 0.4) is 0 Å². The molecule has 0 aliphatic rings. The second kappa shape index (κ2) is 7.52. The van der Waals surface area contributed by atoms with Crippen molar-refractivity contribution in [3.8, 4) is 0 Å². The molecule has 0 saturated heterocycles. The lowest BCUT2D eigenvalue weighted by Crippen LogP contribution is -2.36. The van der Waals surface area contributed by atoms with Crippen molar-refractivity contribution in [2.45, 2.75) is 0 Å². The van der Waals surface area contributed by atoms with Gasteiger partial charge in [-0.25, -0.2) is 15.2 Å². The number of methoxy groups -OCH3 is 1. The second-order valence-electron chi connectivity index (χ2n) is 3.24. The van der Waals surface area contributed by atoms with Crippen LogP contribution >= 0.6 is 27.5 Å². The minimum atomic E-state index is -0.434. The first-order chi connectivity index (χ1) is 8.58. The molecular weight excluding hydrogens is 326 g/mol. The Kier molecular flexibility index (Phi) is 6.34. The van der Waals surface area contributed by atoms with Crippen molar-refractivity contribution in [2.24, 2.45) is 10.8 Å². The van der Waals surface area contributed by atoms with Gasteiger partial charge in [0.1, 0.15) is 5.82 Å². The van der Waals surface area contributed by atoms with E-state index in [9.17, 15) is 4.39 Å². The lowest BCUT2D eigenvalue weighted by Gasteiger charge is -2.12. The summed E-state index contributed by atoms with van der Waals surface area (Å²) in [5.41, 5.74) is 2.87. The molecule has 0 fully saturated rings. The summed E-state index contributed by atoms with van der Waals surface area (Å²) >= 11 is 9.12. The van der Waals surface area contributed by atoms with E-state index in [1.807, 2.05) is 0 Å². The maximum Gasteiger partial charge on any atom is 0.210 e. The van der Waals surface area contributed by atoms with Gasteiger partial charge in [-0.3, -0.25) is 5.43 Å². The van der Waals surface area contributed by atoms with E-state index < -0.39 is 5.82 Å². The smallest absolute Gasteiger partial charge is 0.210 e. The number of benzene rings is 1. The van der Waals surface area contributed by atoms with E-state index in [2.05, 4.69) is 31.7 Å². The maximum atomic E-state index is 13.0. The van der Waals surface area contributed by atoms with Gasteiger partial charge in [0.2, 0.25) is 5.96 Å². The van der Waals surface area contributed by atoms with Gasteiger partial charge in [-0.2, -0.15) is 0 Å². The van der Waals surface area contributed by atoms with Crippen molar-refractivity contribution in [1.82, 2.24) is 5.43 Å². The number of hydrogen-bond acceptors (Lipinski definition) is 3. The van der Waals surface area contributed by atoms with Crippen molar-refractivity contribution < 1.29 is 9.13 Å². The number of anilines is 1. The number of guanidine groups is 1. The lowest BCUT2D eigenvalue weighted by molar-refractivity contribution is 0.208. The predicted octanol–water partition coefficient (Wildman–Crippen LogP) is 2.12. The van der Waals surface area contributed by atoms with Gasteiger partial charge in [0.15, 0.2) is 0 Å². The standard InChI is InChI=1S/C10H13BrClFN4O/c1-18-3-2-15-10(17-14)16-9-7(11)4-6(13)5-8(9)12/h4-5H,2-3,14H2,1H3,(H2,15,16,17). The van der Waals surface area contributed by atoms with E-state index in [1.54, 1.807) is 7.11 Å². The first kappa shape index (κ1) is 15.2. The summed E-state index contributed by atoms with van der Waals surface area (Å²) in [6, 6.07) is 2.48. The Hall–Kier alpha value is -0.890. The van der Waals surface area contributed by atoms with Crippen LogP contribution in [0.15, 0.2) is 21.6 Å². The maximum absolute atomic E-state index is 13.0. The summed E-state index contributed by atoms with van der Waals surface area (Å²) in [4.78, 5) is 4.10. The molecule has 18 heavy (non-hydrogen) atoms. The van der Waals surface area contributed by atoms with Crippen LogP contribution in [0.4, 0.5) is 10.1 Å². The number of hydrogen-bond donors (Lipinski definition) is 3. The number of aliphatic imine (C=N–C) groups is 1. The minimum Gasteiger partial charge on any atom is -0.383 e. The number of halogens is 3. The number of nitrogens with one attached hydrogen (secondary N) is 2. The summed E-state index contributed by atoms with van der Waals surface area (Å²) < 4.78 is 18.4. The summed E-state index contributed by atoms with van der Waals surface area (Å²) in [6.45, 7) is 0.893. The lowest BCUT2D eigenvalue weighted by atomic mass is 10.3. The van der Waals surface area contributed by atoms with E-state index in [0.717, 1.165) is 0 Å². The predicted molar refractivity (Wildman–Crippen MR) is 74.2 cm³/mol. The van der Waals surface area contributed by atoms with Crippen LogP contribution in [0, 0.1) is 5.82 Å². The fourth-order valence-corrected chi connectivity index (χ4v) is 2.05. The van der Waals surface area contributed by atoms with E-state index in [0.29, 0.717) is 29.3 Å². The average molecular weight is 340 g/mol. The molecule has 100 valence electrons. The van der Waals surface area contributed by atoms with Gasteiger partial charge in [0, 0.05) is 11.6 Å². The van der Waals surface area contributed by atoms with Crippen molar-refractivity contribution >= 4 is 39.2 Å². The van der Waals surface area contributed by atoms with Gasteiger partial charge in [0.05, 0.1) is 23.9 Å². The van der Waals surface area contributed by atoms with Crippen LogP contribution in [-0.4, -0.2) is 26.2 Å². The monoisotopic (exact) mass is 338 g/mol. The molecule has 0 unspecified atom stereocenters. The van der Waals surface area contributed by atoms with Crippen molar-refractivity contribution in [3.63, 3.8) is 0 Å². The zero-order valence-corrected chi connectivity index (χ0v) is 12.0. The topological polar surface area (TPSA) is 71.7 Å². The number of rotatable bonds is 4. The first-order valence-electron chi connectivity index (χ1n) is 5.00. The molecule has 1 rings (SSSR count). The second-order valence-corrected chi connectivity index (χ2v) is 4.50. The molecule has 4 N–H and O–H groups in total. The highest BCUT2D eigenvalue weighted by Crippen LogP contribution is 2.31. The van der Waals surface area contributed by atoms with Crippen LogP contribution in [-0.2, 0) is 4.74 Å². The van der Waals surface area contributed by atoms with Crippen LogP contribution in [0.5, 0.6) is 0 Å². The van der Waals surface area contributed by atoms with Crippen LogP contribution in [0.25, 0.3) is 0 Å². The molecule has 0 bridgehead atoms. The average Bonchev–Trinajstić information content (AvgIpc) is 2.31. The third-order valence-electron chi connectivity index (χ3n) is 1.95. The molecule has 0 atom stereocenters. The van der Waals surface area contributed by atoms with Gasteiger partial charge in [0.25, 0.3) is 0 Å². The van der Waals surface area contributed by atoms with E-state index in [-0.39, 0.29) is 5.02 Å². The van der Waals surface area contributed by atoms with Gasteiger partial charge in [-0.1, -0.05) is 11.6 Å². The fourth-order valence-electron chi connectivity index (χ4n) is 1.15. The highest BCUT2D eigenvalue weighted by molar-refractivity contribution is 9.10. The van der Waals surface area contributed by atoms with Gasteiger partial charge < -0.3 is 10.1 Å². The van der Waals surface area contributed by atoms with Gasteiger partial charge >= 0.3 is 0 Å². The first-order valence-corrected chi connectivity index (χ1v) is 6.17. The Bertz CT molecular complexity index is 421. The minimum absolute atomic E-state index is 0.219. The molecule has 0 aliphatic heterocycles. The third kappa shape index (κ3) is 4.41. The molecule has 0 saturated carbocycles. The molecule has 0 radical (unpaired) electrons. The molecule has 0 spiro atoms. The molecule has 0 heterocycles. The largest absolute Gasteiger partial charge is 0.383 e. The Balaban J connectivity index is 2.85. The van der Waals surface area contributed by atoms with E-state index in [1.165, 1.54) is 12.1 Å². The quantitative estimate of drug-likeness (QED) is 0.258. The Morgan fingerprint density at radius 1 is 1.61 bits per heavy atom. The highest BCUT2D eigenvalue weighted by Gasteiger charge is 2.09. The van der Waals surface area contributed by atoms with E-state index >= 15 is 0 Å². The molecule has 5 nitrogen and oxygen atoms in total. The number of nitrogens with two attached hydrogens (primary N) is 1. The molecule has 0 amide bonds. The number of nitrogens with zero attached hydrogens (tertiary/aromatic N) is 1. The fraction of sp³-hybridized carbons (Fsp3) is 0.300. The van der Waals surface area contributed by atoms with Crippen LogP contribution < -0.4 is 16.6 Å².